The first-order valence-corrected chi connectivity index (χ1v) is 8.18. The van der Waals surface area contributed by atoms with Crippen LogP contribution in [0.4, 0.5) is 4.39 Å². The molecule has 0 amide bonds. The zero-order valence-electron chi connectivity index (χ0n) is 11.2. The third-order valence-electron chi connectivity index (χ3n) is 2.59. The molecule has 1 atom stereocenters. The zero-order valence-corrected chi connectivity index (χ0v) is 13.6. The second kappa shape index (κ2) is 6.91. The highest BCUT2D eigenvalue weighted by atomic mass is 35.5. The first-order valence-electron chi connectivity index (χ1n) is 5.95. The monoisotopic (exact) mass is 357 g/mol. The van der Waals surface area contributed by atoms with Gasteiger partial charge in [-0.25, -0.2) is 12.8 Å². The molecule has 0 aliphatic heterocycles. The quantitative estimate of drug-likeness (QED) is 0.766. The van der Waals surface area contributed by atoms with Crippen LogP contribution in [-0.4, -0.2) is 25.5 Å². The molecule has 2 N–H and O–H groups in total. The number of rotatable bonds is 6. The van der Waals surface area contributed by atoms with Crippen molar-refractivity contribution in [2.24, 2.45) is 5.92 Å². The van der Waals surface area contributed by atoms with Gasteiger partial charge in [-0.3, -0.25) is 4.79 Å². The van der Waals surface area contributed by atoms with E-state index in [0.29, 0.717) is 0 Å². The Kier molecular flexibility index (Phi) is 5.98. The minimum Gasteiger partial charge on any atom is -0.480 e. The van der Waals surface area contributed by atoms with Crippen molar-refractivity contribution in [1.29, 1.82) is 0 Å². The molecule has 21 heavy (non-hydrogen) atoms. The molecular formula is C12H14Cl2FNO4S. The maximum Gasteiger partial charge on any atom is 0.321 e. The molecule has 1 aromatic carbocycles. The highest BCUT2D eigenvalue weighted by molar-refractivity contribution is 7.89. The van der Waals surface area contributed by atoms with E-state index in [2.05, 4.69) is 0 Å². The fraction of sp³-hybridized carbons (Fsp3) is 0.417. The molecule has 1 aromatic rings. The summed E-state index contributed by atoms with van der Waals surface area (Å²) < 4.78 is 39.9. The van der Waals surface area contributed by atoms with Gasteiger partial charge >= 0.3 is 5.97 Å². The van der Waals surface area contributed by atoms with E-state index in [4.69, 9.17) is 28.3 Å². The van der Waals surface area contributed by atoms with Gasteiger partial charge in [0.05, 0.1) is 10.0 Å². The molecule has 0 aromatic heterocycles. The molecular weight excluding hydrogens is 344 g/mol. The van der Waals surface area contributed by atoms with Crippen LogP contribution in [0, 0.1) is 11.7 Å². The third kappa shape index (κ3) is 4.54. The lowest BCUT2D eigenvalue weighted by molar-refractivity contribution is -0.139. The molecule has 0 bridgehead atoms. The van der Waals surface area contributed by atoms with E-state index >= 15 is 0 Å². The predicted octanol–water partition coefficient (Wildman–Crippen LogP) is 2.91. The molecule has 0 saturated heterocycles. The summed E-state index contributed by atoms with van der Waals surface area (Å²) in [5, 5.41) is 8.04. The number of halogens is 3. The normalized spacial score (nSPS) is 13.4. The molecule has 0 aliphatic rings. The van der Waals surface area contributed by atoms with Gasteiger partial charge in [-0.1, -0.05) is 37.0 Å². The maximum atomic E-state index is 13.6. The molecule has 0 aliphatic carbocycles. The number of carbonyl (C=O) groups is 1. The summed E-state index contributed by atoms with van der Waals surface area (Å²) in [6.45, 7) is 3.50. The SMILES string of the molecule is CC(C)C[C@@H](NS(=O)(=O)c1ccc(Cl)c(F)c1Cl)C(=O)O. The second-order valence-electron chi connectivity index (χ2n) is 4.82. The van der Waals surface area contributed by atoms with Crippen molar-refractivity contribution >= 4 is 39.2 Å². The summed E-state index contributed by atoms with van der Waals surface area (Å²) in [7, 11) is -4.28. The Bertz CT molecular complexity index is 649. The van der Waals surface area contributed by atoms with Crippen LogP contribution < -0.4 is 4.72 Å². The van der Waals surface area contributed by atoms with Crippen molar-refractivity contribution in [3.63, 3.8) is 0 Å². The van der Waals surface area contributed by atoms with Crippen LogP contribution in [0.1, 0.15) is 20.3 Å². The van der Waals surface area contributed by atoms with Crippen LogP contribution in [0.15, 0.2) is 17.0 Å². The average molecular weight is 358 g/mol. The topological polar surface area (TPSA) is 83.5 Å². The van der Waals surface area contributed by atoms with Gasteiger partial charge in [0.25, 0.3) is 0 Å². The standard InChI is InChI=1S/C12H14Cl2FNO4S/c1-6(2)5-8(12(17)18)16-21(19,20)9-4-3-7(13)11(15)10(9)14/h3-4,6,8,16H,5H2,1-2H3,(H,17,18)/t8-/m1/s1. The summed E-state index contributed by atoms with van der Waals surface area (Å²) in [6.07, 6.45) is 0.0856. The summed E-state index contributed by atoms with van der Waals surface area (Å²) >= 11 is 11.1. The Hall–Kier alpha value is -0.890. The fourth-order valence-electron chi connectivity index (χ4n) is 1.64. The fourth-order valence-corrected chi connectivity index (χ4v) is 3.58. The van der Waals surface area contributed by atoms with Crippen molar-refractivity contribution in [2.75, 3.05) is 0 Å². The van der Waals surface area contributed by atoms with Gasteiger partial charge in [-0.05, 0) is 24.5 Å². The van der Waals surface area contributed by atoms with Crippen LogP contribution in [0.25, 0.3) is 0 Å². The molecule has 0 unspecified atom stereocenters. The highest BCUT2D eigenvalue weighted by Gasteiger charge is 2.28. The van der Waals surface area contributed by atoms with E-state index in [-0.39, 0.29) is 17.4 Å². The van der Waals surface area contributed by atoms with Crippen molar-refractivity contribution < 1.29 is 22.7 Å². The van der Waals surface area contributed by atoms with Gasteiger partial charge in [0.1, 0.15) is 10.9 Å². The molecule has 0 heterocycles. The van der Waals surface area contributed by atoms with Gasteiger partial charge in [-0.15, -0.1) is 0 Å². The summed E-state index contributed by atoms with van der Waals surface area (Å²) in [6, 6.07) is 0.727. The first-order chi connectivity index (χ1) is 9.56. The molecule has 9 heteroatoms. The number of sulfonamides is 1. The Labute approximate surface area is 132 Å². The van der Waals surface area contributed by atoms with Crippen LogP contribution in [0.2, 0.25) is 10.0 Å². The summed E-state index contributed by atoms with van der Waals surface area (Å²) in [5.41, 5.74) is 0. The number of hydrogen-bond acceptors (Lipinski definition) is 3. The lowest BCUT2D eigenvalue weighted by Gasteiger charge is -2.17. The molecule has 118 valence electrons. The van der Waals surface area contributed by atoms with Crippen molar-refractivity contribution in [3.05, 3.63) is 28.0 Å². The number of carboxylic acids is 1. The molecule has 5 nitrogen and oxygen atoms in total. The van der Waals surface area contributed by atoms with Crippen LogP contribution in [0.5, 0.6) is 0 Å². The molecule has 0 fully saturated rings. The van der Waals surface area contributed by atoms with Crippen LogP contribution in [-0.2, 0) is 14.8 Å². The first kappa shape index (κ1) is 18.2. The number of aliphatic carboxylic acids is 1. The number of carboxylic acid groups (broad SMARTS) is 1. The Morgan fingerprint density at radius 1 is 1.38 bits per heavy atom. The van der Waals surface area contributed by atoms with Crippen LogP contribution >= 0.6 is 23.2 Å². The van der Waals surface area contributed by atoms with Crippen LogP contribution in [0.3, 0.4) is 0 Å². The molecule has 1 rings (SSSR count). The minimum atomic E-state index is -4.28. The zero-order chi connectivity index (χ0) is 16.4. The summed E-state index contributed by atoms with van der Waals surface area (Å²) in [5.74, 6) is -2.44. The lowest BCUT2D eigenvalue weighted by Crippen LogP contribution is -2.41. The number of benzene rings is 1. The average Bonchev–Trinajstić information content (AvgIpc) is 2.33. The van der Waals surface area contributed by atoms with Crippen molar-refractivity contribution in [2.45, 2.75) is 31.2 Å². The number of nitrogens with one attached hydrogen (secondary N) is 1. The Balaban J connectivity index is 3.17. The number of hydrogen-bond donors (Lipinski definition) is 2. The predicted molar refractivity (Wildman–Crippen MR) is 77.6 cm³/mol. The maximum absolute atomic E-state index is 13.6. The van der Waals surface area contributed by atoms with Gasteiger partial charge in [0.15, 0.2) is 5.82 Å². The Morgan fingerprint density at radius 3 is 2.43 bits per heavy atom. The van der Waals surface area contributed by atoms with Gasteiger partial charge in [0.2, 0.25) is 10.0 Å². The second-order valence-corrected chi connectivity index (χ2v) is 7.28. The van der Waals surface area contributed by atoms with E-state index in [1.165, 1.54) is 0 Å². The minimum absolute atomic E-state index is 0.0498. The van der Waals surface area contributed by atoms with E-state index in [0.717, 1.165) is 12.1 Å². The van der Waals surface area contributed by atoms with E-state index in [1.807, 2.05) is 4.72 Å². The van der Waals surface area contributed by atoms with Crippen molar-refractivity contribution in [3.8, 4) is 0 Å². The van der Waals surface area contributed by atoms with Gasteiger partial charge < -0.3 is 5.11 Å². The Morgan fingerprint density at radius 2 is 1.95 bits per heavy atom. The summed E-state index contributed by atoms with van der Waals surface area (Å²) in [4.78, 5) is 10.5. The third-order valence-corrected chi connectivity index (χ3v) is 4.88. The van der Waals surface area contributed by atoms with E-state index in [1.54, 1.807) is 13.8 Å². The largest absolute Gasteiger partial charge is 0.480 e. The van der Waals surface area contributed by atoms with Gasteiger partial charge in [0, 0.05) is 0 Å². The van der Waals surface area contributed by atoms with E-state index in [9.17, 15) is 17.6 Å². The molecule has 0 saturated carbocycles. The van der Waals surface area contributed by atoms with Gasteiger partial charge in [-0.2, -0.15) is 4.72 Å². The molecule has 0 radical (unpaired) electrons. The highest BCUT2D eigenvalue weighted by Crippen LogP contribution is 2.29. The van der Waals surface area contributed by atoms with Crippen molar-refractivity contribution in [1.82, 2.24) is 4.72 Å². The lowest BCUT2D eigenvalue weighted by atomic mass is 10.1. The van der Waals surface area contributed by atoms with E-state index < -0.39 is 37.8 Å². The molecule has 0 spiro atoms. The smallest absolute Gasteiger partial charge is 0.321 e.